The van der Waals surface area contributed by atoms with Gasteiger partial charge < -0.3 is 15.2 Å². The summed E-state index contributed by atoms with van der Waals surface area (Å²) in [6, 6.07) is 2.02. The van der Waals surface area contributed by atoms with Crippen molar-refractivity contribution in [2.45, 2.75) is 37.6 Å². The number of anilines is 1. The molecule has 170 valence electrons. The van der Waals surface area contributed by atoms with Crippen molar-refractivity contribution >= 4 is 22.2 Å². The van der Waals surface area contributed by atoms with Gasteiger partial charge in [0.05, 0.1) is 6.20 Å². The molecule has 1 saturated carbocycles. The van der Waals surface area contributed by atoms with Gasteiger partial charge in [-0.05, 0) is 36.4 Å². The van der Waals surface area contributed by atoms with Crippen LogP contribution in [0.4, 0.5) is 14.6 Å². The number of hydrogen-bond acceptors (Lipinski definition) is 8. The molecule has 32 heavy (non-hydrogen) atoms. The molecule has 0 amide bonds. The van der Waals surface area contributed by atoms with Gasteiger partial charge >= 0.3 is 10.8 Å². The van der Waals surface area contributed by atoms with E-state index in [1.54, 1.807) is 0 Å². The van der Waals surface area contributed by atoms with Crippen LogP contribution in [0.3, 0.4) is 0 Å². The van der Waals surface area contributed by atoms with E-state index in [-0.39, 0.29) is 40.6 Å². The van der Waals surface area contributed by atoms with Crippen LogP contribution in [-0.2, 0) is 15.0 Å². The minimum absolute atomic E-state index is 0.0361. The second-order valence-electron chi connectivity index (χ2n) is 7.93. The Morgan fingerprint density at radius 1 is 1.28 bits per heavy atom. The average molecular weight is 466 g/mol. The zero-order valence-electron chi connectivity index (χ0n) is 16.8. The molecule has 1 aliphatic carbocycles. The summed E-state index contributed by atoms with van der Waals surface area (Å²) >= 11 is 0. The molecule has 0 bridgehead atoms. The Hall–Kier alpha value is -2.74. The summed E-state index contributed by atoms with van der Waals surface area (Å²) in [5, 5.41) is 10.6. The molecule has 2 fully saturated rings. The molecule has 13 heteroatoms. The van der Waals surface area contributed by atoms with E-state index in [9.17, 15) is 17.5 Å². The summed E-state index contributed by atoms with van der Waals surface area (Å²) in [5.74, 6) is -1.96. The number of nitrogens with zero attached hydrogens (tertiary/aromatic N) is 4. The van der Waals surface area contributed by atoms with Crippen LogP contribution >= 0.6 is 0 Å². The Morgan fingerprint density at radius 3 is 2.78 bits per heavy atom. The van der Waals surface area contributed by atoms with E-state index in [0.29, 0.717) is 12.2 Å². The number of hydrogen-bond donors (Lipinski definition) is 3. The zero-order valence-corrected chi connectivity index (χ0v) is 17.6. The first-order valence-corrected chi connectivity index (χ1v) is 11.5. The molecule has 1 saturated heterocycles. The third kappa shape index (κ3) is 4.28. The van der Waals surface area contributed by atoms with Gasteiger partial charge in [-0.25, -0.2) is 23.3 Å². The number of imidazole rings is 1. The van der Waals surface area contributed by atoms with Gasteiger partial charge in [-0.3, -0.25) is 4.18 Å². The molecule has 3 aromatic rings. The number of fused-ring (bicyclic) bond motifs is 1. The third-order valence-electron chi connectivity index (χ3n) is 5.45. The normalized spacial score (nSPS) is 20.8. The average Bonchev–Trinajstić information content (AvgIpc) is 3.50. The van der Waals surface area contributed by atoms with Crippen LogP contribution in [0.15, 0.2) is 18.3 Å². The highest BCUT2D eigenvalue weighted by atomic mass is 32.3. The standard InChI is InChI=1S/C19H20F2N6O4S/c20-12-6-13(21)19(24-11-2-1-5-22-8-11)25-18(12)14-9-23-16-7-15(31-32(28,29)30)17(10-3-4-10)26-27(14)16/h6-7,9-11,22H,1-5,8H2,(H2-,24,25,28,29,30)/t11-/m1/s1. The van der Waals surface area contributed by atoms with Gasteiger partial charge in [0.1, 0.15) is 17.1 Å². The Labute approximate surface area is 182 Å². The number of halogens is 2. The highest BCUT2D eigenvalue weighted by molar-refractivity contribution is 7.87. The number of aromatic nitrogens is 4. The summed E-state index contributed by atoms with van der Waals surface area (Å²) in [7, 11) is -4.76. The molecular weight excluding hydrogens is 446 g/mol. The van der Waals surface area contributed by atoms with Gasteiger partial charge in [0.25, 0.3) is 0 Å². The number of nitrogens with one attached hydrogen (secondary N) is 2. The fraction of sp³-hybridized carbons (Fsp3) is 0.421. The first kappa shape index (κ1) is 21.1. The van der Waals surface area contributed by atoms with Crippen molar-refractivity contribution < 1.29 is 26.3 Å². The maximum Gasteiger partial charge on any atom is 0.378 e. The van der Waals surface area contributed by atoms with Crippen molar-refractivity contribution in [2.24, 2.45) is 0 Å². The Balaban J connectivity index is 1.56. The van der Waals surface area contributed by atoms with Crippen molar-refractivity contribution in [3.05, 3.63) is 35.7 Å². The minimum Gasteiger partial charge on any atom is -0.548 e. The van der Waals surface area contributed by atoms with E-state index in [1.807, 2.05) is 0 Å². The topological polar surface area (TPSA) is 137 Å². The first-order valence-electron chi connectivity index (χ1n) is 10.2. The summed E-state index contributed by atoms with van der Waals surface area (Å²) in [4.78, 5) is 8.30. The van der Waals surface area contributed by atoms with Crippen LogP contribution in [0, 0.1) is 11.6 Å². The smallest absolute Gasteiger partial charge is 0.378 e. The second-order valence-corrected chi connectivity index (χ2v) is 8.95. The highest BCUT2D eigenvalue weighted by Gasteiger charge is 2.33. The summed E-state index contributed by atoms with van der Waals surface area (Å²) in [5.41, 5.74) is 0.466. The van der Waals surface area contributed by atoms with Crippen LogP contribution in [-0.4, -0.2) is 47.8 Å². The fourth-order valence-electron chi connectivity index (χ4n) is 3.81. The summed E-state index contributed by atoms with van der Waals surface area (Å²) in [6.07, 6.45) is 4.60. The molecule has 3 aromatic heterocycles. The molecule has 1 aliphatic heterocycles. The van der Waals surface area contributed by atoms with E-state index in [0.717, 1.165) is 38.3 Å². The van der Waals surface area contributed by atoms with Crippen LogP contribution in [0.1, 0.15) is 37.3 Å². The van der Waals surface area contributed by atoms with Crippen molar-refractivity contribution in [1.29, 1.82) is 0 Å². The lowest BCUT2D eigenvalue weighted by Crippen LogP contribution is -2.38. The minimum atomic E-state index is -4.76. The Bertz CT molecular complexity index is 1220. The number of pyridine rings is 1. The summed E-state index contributed by atoms with van der Waals surface area (Å²) < 4.78 is 66.6. The van der Waals surface area contributed by atoms with Crippen LogP contribution in [0.5, 0.6) is 5.75 Å². The highest BCUT2D eigenvalue weighted by Crippen LogP contribution is 2.44. The fourth-order valence-corrected chi connectivity index (χ4v) is 4.17. The van der Waals surface area contributed by atoms with Gasteiger partial charge in [0.15, 0.2) is 23.1 Å². The van der Waals surface area contributed by atoms with E-state index >= 15 is 0 Å². The van der Waals surface area contributed by atoms with Crippen LogP contribution in [0.25, 0.3) is 17.0 Å². The monoisotopic (exact) mass is 466 g/mol. The maximum absolute atomic E-state index is 14.7. The molecule has 4 heterocycles. The second kappa shape index (κ2) is 7.99. The Morgan fingerprint density at radius 2 is 2.09 bits per heavy atom. The lowest BCUT2D eigenvalue weighted by Gasteiger charge is -2.24. The van der Waals surface area contributed by atoms with E-state index in [2.05, 4.69) is 29.9 Å². The van der Waals surface area contributed by atoms with Crippen molar-refractivity contribution in [3.8, 4) is 17.1 Å². The lowest BCUT2D eigenvalue weighted by atomic mass is 10.1. The maximum atomic E-state index is 14.7. The first-order chi connectivity index (χ1) is 15.3. The van der Waals surface area contributed by atoms with Crippen molar-refractivity contribution in [1.82, 2.24) is 24.9 Å². The molecule has 2 aliphatic rings. The number of rotatable bonds is 6. The van der Waals surface area contributed by atoms with Gasteiger partial charge in [0.2, 0.25) is 5.75 Å². The molecule has 0 radical (unpaired) electrons. The zero-order chi connectivity index (χ0) is 22.5. The van der Waals surface area contributed by atoms with Gasteiger partial charge in [-0.2, -0.15) is 9.65 Å². The molecule has 2 atom stereocenters. The molecule has 1 unspecified atom stereocenters. The molecule has 3 N–H and O–H groups in total. The predicted molar refractivity (Wildman–Crippen MR) is 110 cm³/mol. The van der Waals surface area contributed by atoms with Crippen molar-refractivity contribution in [2.75, 3.05) is 18.4 Å². The van der Waals surface area contributed by atoms with E-state index < -0.39 is 22.4 Å². The van der Waals surface area contributed by atoms with Crippen LogP contribution < -0.4 is 14.8 Å². The SMILES string of the molecule is O=[S+]([O-])(O)Oc1cc2ncc(-c3nc(N[C@@H]4CCCNC4)c(F)cc3F)n2nc1C1CC1. The largest absolute Gasteiger partial charge is 0.548 e. The molecule has 10 nitrogen and oxygen atoms in total. The summed E-state index contributed by atoms with van der Waals surface area (Å²) in [6.45, 7) is 1.54. The molecular formula is C19H20F2N6O4S. The lowest BCUT2D eigenvalue weighted by molar-refractivity contribution is 0.299. The molecule has 0 spiro atoms. The van der Waals surface area contributed by atoms with Gasteiger partial charge in [-0.1, -0.05) is 0 Å². The quantitative estimate of drug-likeness (QED) is 0.468. The molecule has 5 rings (SSSR count). The van der Waals surface area contributed by atoms with Crippen LogP contribution in [0.2, 0.25) is 0 Å². The number of piperidine rings is 1. The molecule has 0 aromatic carbocycles. The van der Waals surface area contributed by atoms with Gasteiger partial charge in [0, 0.05) is 30.6 Å². The third-order valence-corrected chi connectivity index (χ3v) is 5.84. The van der Waals surface area contributed by atoms with E-state index in [1.165, 1.54) is 16.8 Å². The van der Waals surface area contributed by atoms with E-state index in [4.69, 9.17) is 4.55 Å². The van der Waals surface area contributed by atoms with Crippen molar-refractivity contribution in [3.63, 3.8) is 0 Å². The predicted octanol–water partition coefficient (Wildman–Crippen LogP) is 2.51. The van der Waals surface area contributed by atoms with Gasteiger partial charge in [-0.15, -0.1) is 0 Å². The Kier molecular flexibility index (Phi) is 5.28.